The van der Waals surface area contributed by atoms with Crippen molar-refractivity contribution in [2.45, 2.75) is 45.3 Å². The SMILES string of the molecule is COC(=O)/C(C)=N/N(c1ccccc1)C1CCOC(C)(C)C1. The molecule has 0 bridgehead atoms. The molecule has 0 radical (unpaired) electrons. The molecule has 5 heteroatoms. The average molecular weight is 304 g/mol. The molecule has 120 valence electrons. The maximum atomic E-state index is 11.7. The molecule has 0 aromatic heterocycles. The van der Waals surface area contributed by atoms with Gasteiger partial charge in [0.25, 0.3) is 0 Å². The van der Waals surface area contributed by atoms with Crippen LogP contribution >= 0.6 is 0 Å². The highest BCUT2D eigenvalue weighted by atomic mass is 16.5. The van der Waals surface area contributed by atoms with Gasteiger partial charge in [-0.2, -0.15) is 5.10 Å². The van der Waals surface area contributed by atoms with E-state index in [-0.39, 0.29) is 11.6 Å². The zero-order chi connectivity index (χ0) is 16.2. The number of para-hydroxylation sites is 1. The van der Waals surface area contributed by atoms with Crippen LogP contribution in [0.1, 0.15) is 33.6 Å². The molecule has 1 aromatic carbocycles. The highest BCUT2D eigenvalue weighted by Crippen LogP contribution is 2.30. The van der Waals surface area contributed by atoms with Gasteiger partial charge in [-0.25, -0.2) is 4.79 Å². The normalized spacial score (nSPS) is 21.3. The van der Waals surface area contributed by atoms with E-state index in [1.54, 1.807) is 6.92 Å². The summed E-state index contributed by atoms with van der Waals surface area (Å²) < 4.78 is 10.5. The van der Waals surface area contributed by atoms with Crippen LogP contribution < -0.4 is 5.01 Å². The van der Waals surface area contributed by atoms with Crippen molar-refractivity contribution < 1.29 is 14.3 Å². The van der Waals surface area contributed by atoms with Crippen molar-refractivity contribution in [3.8, 4) is 0 Å². The van der Waals surface area contributed by atoms with Crippen LogP contribution in [-0.4, -0.2) is 37.0 Å². The zero-order valence-corrected chi connectivity index (χ0v) is 13.7. The number of carbonyl (C=O) groups excluding carboxylic acids is 1. The minimum Gasteiger partial charge on any atom is -0.464 e. The summed E-state index contributed by atoms with van der Waals surface area (Å²) in [6.07, 6.45) is 1.72. The van der Waals surface area contributed by atoms with E-state index < -0.39 is 5.97 Å². The molecule has 1 unspecified atom stereocenters. The van der Waals surface area contributed by atoms with Gasteiger partial charge in [-0.05, 0) is 45.7 Å². The molecule has 0 spiro atoms. The van der Waals surface area contributed by atoms with Gasteiger partial charge in [0, 0.05) is 6.61 Å². The first-order chi connectivity index (χ1) is 10.4. The molecule has 0 saturated carbocycles. The lowest BCUT2D eigenvalue weighted by Gasteiger charge is -2.40. The standard InChI is InChI=1S/C17H24N2O3/c1-13(16(20)21-4)18-19(14-8-6-5-7-9-14)15-10-11-22-17(2,3)12-15/h5-9,15H,10-12H2,1-4H3/b18-13+. The van der Waals surface area contributed by atoms with Gasteiger partial charge in [0.1, 0.15) is 5.71 Å². The van der Waals surface area contributed by atoms with E-state index in [9.17, 15) is 4.79 Å². The molecule has 22 heavy (non-hydrogen) atoms. The maximum Gasteiger partial charge on any atom is 0.353 e. The fourth-order valence-corrected chi connectivity index (χ4v) is 2.69. The Bertz CT molecular complexity index is 540. The summed E-state index contributed by atoms with van der Waals surface area (Å²) in [6, 6.07) is 10.1. The van der Waals surface area contributed by atoms with Gasteiger partial charge in [0.15, 0.2) is 0 Å². The van der Waals surface area contributed by atoms with Crippen LogP contribution in [0.2, 0.25) is 0 Å². The van der Waals surface area contributed by atoms with E-state index in [1.165, 1.54) is 7.11 Å². The number of esters is 1. The number of rotatable bonds is 4. The highest BCUT2D eigenvalue weighted by molar-refractivity contribution is 6.35. The molecule has 1 saturated heterocycles. The Labute approximate surface area is 131 Å². The molecule has 2 rings (SSSR count). The van der Waals surface area contributed by atoms with Crippen molar-refractivity contribution >= 4 is 17.4 Å². The molecule has 1 fully saturated rings. The fraction of sp³-hybridized carbons (Fsp3) is 0.529. The van der Waals surface area contributed by atoms with Crippen LogP contribution in [0.25, 0.3) is 0 Å². The number of hydrogen-bond donors (Lipinski definition) is 0. The van der Waals surface area contributed by atoms with Gasteiger partial charge in [-0.3, -0.25) is 5.01 Å². The van der Waals surface area contributed by atoms with Gasteiger partial charge in [0.2, 0.25) is 0 Å². The first-order valence-electron chi connectivity index (χ1n) is 7.55. The Morgan fingerprint density at radius 2 is 2.05 bits per heavy atom. The highest BCUT2D eigenvalue weighted by Gasteiger charge is 2.33. The topological polar surface area (TPSA) is 51.1 Å². The van der Waals surface area contributed by atoms with Crippen LogP contribution in [0.4, 0.5) is 5.69 Å². The van der Waals surface area contributed by atoms with Crippen molar-refractivity contribution in [1.82, 2.24) is 0 Å². The smallest absolute Gasteiger partial charge is 0.353 e. The third-order valence-electron chi connectivity index (χ3n) is 3.78. The summed E-state index contributed by atoms with van der Waals surface area (Å²) in [4.78, 5) is 11.7. The number of anilines is 1. The van der Waals surface area contributed by atoms with Crippen molar-refractivity contribution in [3.05, 3.63) is 30.3 Å². The van der Waals surface area contributed by atoms with E-state index in [4.69, 9.17) is 9.47 Å². The van der Waals surface area contributed by atoms with Crippen LogP contribution in [0.3, 0.4) is 0 Å². The van der Waals surface area contributed by atoms with Crippen LogP contribution in [0.15, 0.2) is 35.4 Å². The largest absolute Gasteiger partial charge is 0.464 e. The molecule has 1 atom stereocenters. The second-order valence-corrected chi connectivity index (χ2v) is 6.11. The summed E-state index contributed by atoms with van der Waals surface area (Å²) in [5, 5.41) is 6.45. The van der Waals surface area contributed by atoms with Crippen LogP contribution in [0.5, 0.6) is 0 Å². The van der Waals surface area contributed by atoms with Gasteiger partial charge < -0.3 is 9.47 Å². The van der Waals surface area contributed by atoms with Crippen LogP contribution in [0, 0.1) is 0 Å². The Balaban J connectivity index is 2.32. The van der Waals surface area contributed by atoms with Gasteiger partial charge in [-0.15, -0.1) is 0 Å². The monoisotopic (exact) mass is 304 g/mol. The Hall–Kier alpha value is -1.88. The Morgan fingerprint density at radius 3 is 2.64 bits per heavy atom. The van der Waals surface area contributed by atoms with Crippen molar-refractivity contribution in [2.75, 3.05) is 18.7 Å². The first-order valence-corrected chi connectivity index (χ1v) is 7.55. The molecule has 5 nitrogen and oxygen atoms in total. The lowest BCUT2D eigenvalue weighted by Crippen LogP contribution is -2.44. The fourth-order valence-electron chi connectivity index (χ4n) is 2.69. The minimum atomic E-state index is -0.410. The zero-order valence-electron chi connectivity index (χ0n) is 13.7. The van der Waals surface area contributed by atoms with E-state index in [0.717, 1.165) is 18.5 Å². The predicted molar refractivity (Wildman–Crippen MR) is 87.1 cm³/mol. The van der Waals surface area contributed by atoms with Crippen LogP contribution in [-0.2, 0) is 14.3 Å². The average Bonchev–Trinajstić information content (AvgIpc) is 2.51. The summed E-state index contributed by atoms with van der Waals surface area (Å²) in [5.41, 5.74) is 1.12. The third-order valence-corrected chi connectivity index (χ3v) is 3.78. The third kappa shape index (κ3) is 4.07. The number of hydrazone groups is 1. The van der Waals surface area contributed by atoms with E-state index in [2.05, 4.69) is 18.9 Å². The molecule has 0 N–H and O–H groups in total. The molecule has 0 amide bonds. The predicted octanol–water partition coefficient (Wildman–Crippen LogP) is 3.00. The summed E-state index contributed by atoms with van der Waals surface area (Å²) in [5.74, 6) is -0.410. The Morgan fingerprint density at radius 1 is 1.36 bits per heavy atom. The number of carbonyl (C=O) groups is 1. The molecule has 1 aliphatic rings. The maximum absolute atomic E-state index is 11.7. The second kappa shape index (κ2) is 6.92. The summed E-state index contributed by atoms with van der Waals surface area (Å²) in [6.45, 7) is 6.53. The summed E-state index contributed by atoms with van der Waals surface area (Å²) >= 11 is 0. The first kappa shape index (κ1) is 16.5. The lowest BCUT2D eigenvalue weighted by molar-refractivity contribution is -0.132. The van der Waals surface area contributed by atoms with E-state index in [0.29, 0.717) is 12.3 Å². The number of methoxy groups -OCH3 is 1. The Kier molecular flexibility index (Phi) is 5.19. The molecule has 1 aliphatic heterocycles. The quantitative estimate of drug-likeness (QED) is 0.487. The van der Waals surface area contributed by atoms with E-state index in [1.807, 2.05) is 35.3 Å². The number of benzene rings is 1. The van der Waals surface area contributed by atoms with Crippen molar-refractivity contribution in [2.24, 2.45) is 5.10 Å². The molecular formula is C17H24N2O3. The lowest BCUT2D eigenvalue weighted by atomic mass is 9.93. The molecule has 1 heterocycles. The van der Waals surface area contributed by atoms with Crippen molar-refractivity contribution in [3.63, 3.8) is 0 Å². The molecule has 0 aliphatic carbocycles. The number of hydrogen-bond acceptors (Lipinski definition) is 5. The molecule has 1 aromatic rings. The second-order valence-electron chi connectivity index (χ2n) is 6.11. The number of ether oxygens (including phenoxy) is 2. The van der Waals surface area contributed by atoms with Crippen molar-refractivity contribution in [1.29, 1.82) is 0 Å². The summed E-state index contributed by atoms with van der Waals surface area (Å²) in [7, 11) is 1.37. The van der Waals surface area contributed by atoms with E-state index >= 15 is 0 Å². The minimum absolute atomic E-state index is 0.186. The molecular weight excluding hydrogens is 280 g/mol. The number of nitrogens with zero attached hydrogens (tertiary/aromatic N) is 2. The van der Waals surface area contributed by atoms with Gasteiger partial charge >= 0.3 is 5.97 Å². The van der Waals surface area contributed by atoms with Gasteiger partial charge in [0.05, 0.1) is 24.4 Å². The van der Waals surface area contributed by atoms with Gasteiger partial charge in [-0.1, -0.05) is 18.2 Å².